The minimum atomic E-state index is -0.689. The Morgan fingerprint density at radius 1 is 0.552 bits per heavy atom. The van der Waals surface area contributed by atoms with Gasteiger partial charge in [0.25, 0.3) is 5.69 Å². The van der Waals surface area contributed by atoms with Gasteiger partial charge in [0, 0.05) is 18.2 Å². The Kier molecular flexibility index (Phi) is 20.2. The van der Waals surface area contributed by atoms with Gasteiger partial charge in [-0.15, -0.1) is 10.2 Å². The van der Waals surface area contributed by atoms with Gasteiger partial charge in [0.05, 0.1) is 34.3 Å². The fourth-order valence-corrected chi connectivity index (χ4v) is 6.28. The fourth-order valence-electron chi connectivity index (χ4n) is 6.07. The lowest BCUT2D eigenvalue weighted by Crippen LogP contribution is -2.10. The number of carbonyl (C=O) groups excluding carboxylic acids is 2. The summed E-state index contributed by atoms with van der Waals surface area (Å²) in [7, 11) is 0. The predicted molar refractivity (Wildman–Crippen MR) is 228 cm³/mol. The molecular formula is C46H56ClN3O8. The van der Waals surface area contributed by atoms with Crippen LogP contribution in [0.25, 0.3) is 0 Å². The molecule has 11 nitrogen and oxygen atoms in total. The van der Waals surface area contributed by atoms with Crippen molar-refractivity contribution in [1.29, 1.82) is 0 Å². The summed E-state index contributed by atoms with van der Waals surface area (Å²) in [4.78, 5) is 37.1. The lowest BCUT2D eigenvalue weighted by atomic mass is 10.1. The Morgan fingerprint density at radius 2 is 0.983 bits per heavy atom. The van der Waals surface area contributed by atoms with E-state index in [0.717, 1.165) is 31.7 Å². The number of azo groups is 1. The van der Waals surface area contributed by atoms with E-state index in [0.29, 0.717) is 30.3 Å². The molecule has 0 saturated carbocycles. The number of benzene rings is 4. The van der Waals surface area contributed by atoms with Crippen LogP contribution in [0.3, 0.4) is 0 Å². The van der Waals surface area contributed by atoms with Crippen molar-refractivity contribution >= 4 is 40.6 Å². The maximum Gasteiger partial charge on any atom is 0.343 e. The monoisotopic (exact) mass is 813 g/mol. The van der Waals surface area contributed by atoms with Gasteiger partial charge in [-0.05, 0) is 79.6 Å². The number of carbonyl (C=O) groups is 2. The van der Waals surface area contributed by atoms with Crippen molar-refractivity contribution in [2.24, 2.45) is 10.2 Å². The highest BCUT2D eigenvalue weighted by atomic mass is 35.5. The number of ether oxygens (including phenoxy) is 4. The van der Waals surface area contributed by atoms with Crippen LogP contribution in [0.1, 0.15) is 137 Å². The first-order valence-electron chi connectivity index (χ1n) is 20.7. The first kappa shape index (κ1) is 45.4. The van der Waals surface area contributed by atoms with Crippen molar-refractivity contribution in [3.05, 3.63) is 111 Å². The molecular weight excluding hydrogens is 758 g/mol. The molecule has 0 aliphatic heterocycles. The zero-order valence-corrected chi connectivity index (χ0v) is 34.6. The van der Waals surface area contributed by atoms with E-state index >= 15 is 0 Å². The van der Waals surface area contributed by atoms with Gasteiger partial charge < -0.3 is 18.9 Å². The Bertz CT molecular complexity index is 1900. The Labute approximate surface area is 347 Å². The van der Waals surface area contributed by atoms with Gasteiger partial charge in [0.15, 0.2) is 5.75 Å². The highest BCUT2D eigenvalue weighted by molar-refractivity contribution is 6.33. The molecule has 0 fully saturated rings. The summed E-state index contributed by atoms with van der Waals surface area (Å²) >= 11 is 6.22. The number of nitro benzene ring substituents is 1. The Hall–Kier alpha value is -5.29. The molecule has 0 saturated heterocycles. The minimum absolute atomic E-state index is 0.0105. The van der Waals surface area contributed by atoms with Gasteiger partial charge in [-0.1, -0.05) is 115 Å². The number of nitro groups is 1. The molecule has 4 aromatic carbocycles. The maximum absolute atomic E-state index is 13.4. The molecule has 0 radical (unpaired) electrons. The van der Waals surface area contributed by atoms with Crippen LogP contribution in [-0.2, 0) is 0 Å². The standard InChI is InChI=1S/C46H56ClN3O8/c1-3-5-7-9-11-13-15-17-31-55-38-24-19-35(20-25-38)45(51)57-40-28-30-43(49-48-42-29-23-37(50(53)54)33-41(42)47)44(34-40)58-46(52)36-21-26-39(27-22-36)56-32-18-16-14-12-10-8-6-4-2/h19-30,33-34H,3-18,31-32H2,1-2H3. The summed E-state index contributed by atoms with van der Waals surface area (Å²) in [5, 5.41) is 19.5. The van der Waals surface area contributed by atoms with Crippen LogP contribution in [0.15, 0.2) is 95.2 Å². The van der Waals surface area contributed by atoms with Crippen molar-refractivity contribution in [3.8, 4) is 23.0 Å². The summed E-state index contributed by atoms with van der Waals surface area (Å²) in [6, 6.07) is 21.5. The average Bonchev–Trinajstić information content (AvgIpc) is 3.23. The van der Waals surface area contributed by atoms with Gasteiger partial charge in [-0.3, -0.25) is 10.1 Å². The van der Waals surface area contributed by atoms with Crippen LogP contribution in [0.2, 0.25) is 5.02 Å². The quantitative estimate of drug-likeness (QED) is 0.0145. The molecule has 0 heterocycles. The number of hydrogen-bond donors (Lipinski definition) is 0. The normalized spacial score (nSPS) is 11.1. The summed E-state index contributed by atoms with van der Waals surface area (Å²) < 4.78 is 23.2. The van der Waals surface area contributed by atoms with Crippen molar-refractivity contribution < 1.29 is 33.5 Å². The van der Waals surface area contributed by atoms with Crippen molar-refractivity contribution in [2.75, 3.05) is 13.2 Å². The SMILES string of the molecule is CCCCCCCCCCOc1ccc(C(=O)Oc2ccc(N=Nc3ccc([N+](=O)[O-])cc3Cl)c(OC(=O)c3ccc(OCCCCCCCCCC)cc3)c2)cc1. The Balaban J connectivity index is 1.38. The lowest BCUT2D eigenvalue weighted by molar-refractivity contribution is -0.384. The second kappa shape index (κ2) is 25.9. The van der Waals surface area contributed by atoms with E-state index in [2.05, 4.69) is 24.1 Å². The van der Waals surface area contributed by atoms with E-state index in [1.807, 2.05) is 0 Å². The zero-order chi connectivity index (χ0) is 41.4. The summed E-state index contributed by atoms with van der Waals surface area (Å²) in [6.07, 6.45) is 19.4. The topological polar surface area (TPSA) is 139 Å². The van der Waals surface area contributed by atoms with Crippen LogP contribution in [0, 0.1) is 10.1 Å². The Morgan fingerprint density at radius 3 is 1.47 bits per heavy atom. The van der Waals surface area contributed by atoms with Gasteiger partial charge in [0.1, 0.15) is 28.6 Å². The van der Waals surface area contributed by atoms with Crippen LogP contribution < -0.4 is 18.9 Å². The third kappa shape index (κ3) is 16.3. The fraction of sp³-hybridized carbons (Fsp3) is 0.435. The molecule has 0 aliphatic carbocycles. The van der Waals surface area contributed by atoms with Crippen molar-refractivity contribution in [2.45, 2.75) is 117 Å². The van der Waals surface area contributed by atoms with Gasteiger partial charge in [0.2, 0.25) is 0 Å². The summed E-state index contributed by atoms with van der Waals surface area (Å²) in [6.45, 7) is 5.64. The van der Waals surface area contributed by atoms with Crippen molar-refractivity contribution in [3.63, 3.8) is 0 Å². The van der Waals surface area contributed by atoms with E-state index in [-0.39, 0.29) is 39.1 Å². The van der Waals surface area contributed by atoms with Crippen LogP contribution >= 0.6 is 11.6 Å². The third-order valence-corrected chi connectivity index (χ3v) is 9.77. The molecule has 0 N–H and O–H groups in total. The van der Waals surface area contributed by atoms with Crippen molar-refractivity contribution in [1.82, 2.24) is 0 Å². The van der Waals surface area contributed by atoms with Crippen LogP contribution in [0.5, 0.6) is 23.0 Å². The van der Waals surface area contributed by atoms with Gasteiger partial charge >= 0.3 is 11.9 Å². The summed E-state index contributed by atoms with van der Waals surface area (Å²) in [5.41, 5.74) is 0.640. The highest BCUT2D eigenvalue weighted by Gasteiger charge is 2.17. The third-order valence-electron chi connectivity index (χ3n) is 9.47. The molecule has 0 bridgehead atoms. The van der Waals surface area contributed by atoms with E-state index in [1.54, 1.807) is 48.5 Å². The molecule has 0 spiro atoms. The molecule has 0 amide bonds. The van der Waals surface area contributed by atoms with Crippen LogP contribution in [-0.4, -0.2) is 30.1 Å². The minimum Gasteiger partial charge on any atom is -0.494 e. The maximum atomic E-state index is 13.4. The molecule has 4 rings (SSSR count). The second-order valence-electron chi connectivity index (χ2n) is 14.2. The van der Waals surface area contributed by atoms with E-state index in [1.165, 1.54) is 107 Å². The number of hydrogen-bond acceptors (Lipinski definition) is 10. The number of unbranched alkanes of at least 4 members (excludes halogenated alkanes) is 14. The largest absolute Gasteiger partial charge is 0.494 e. The lowest BCUT2D eigenvalue weighted by Gasteiger charge is -2.11. The van der Waals surface area contributed by atoms with E-state index in [4.69, 9.17) is 30.5 Å². The van der Waals surface area contributed by atoms with Gasteiger partial charge in [-0.25, -0.2) is 9.59 Å². The van der Waals surface area contributed by atoms with Crippen LogP contribution in [0.4, 0.5) is 17.1 Å². The molecule has 0 aromatic heterocycles. The number of halogens is 1. The number of rotatable bonds is 27. The van der Waals surface area contributed by atoms with E-state index in [9.17, 15) is 19.7 Å². The molecule has 0 unspecified atom stereocenters. The summed E-state index contributed by atoms with van der Waals surface area (Å²) in [5.74, 6) is 0.0502. The second-order valence-corrected chi connectivity index (χ2v) is 14.6. The number of non-ortho nitro benzene ring substituents is 1. The number of nitrogens with zero attached hydrogens (tertiary/aromatic N) is 3. The number of esters is 2. The molecule has 0 aliphatic rings. The van der Waals surface area contributed by atoms with E-state index < -0.39 is 16.9 Å². The zero-order valence-electron chi connectivity index (χ0n) is 33.8. The smallest absolute Gasteiger partial charge is 0.343 e. The predicted octanol–water partition coefficient (Wildman–Crippen LogP) is 14.1. The van der Waals surface area contributed by atoms with Gasteiger partial charge in [-0.2, -0.15) is 0 Å². The molecule has 0 atom stereocenters. The molecule has 310 valence electrons. The first-order chi connectivity index (χ1) is 28.3. The molecule has 4 aromatic rings. The molecule has 12 heteroatoms. The first-order valence-corrected chi connectivity index (χ1v) is 21.0. The average molecular weight is 814 g/mol. The highest BCUT2D eigenvalue weighted by Crippen LogP contribution is 2.36. The molecule has 58 heavy (non-hydrogen) atoms.